The van der Waals surface area contributed by atoms with Crippen molar-refractivity contribution in [2.45, 2.75) is 44.6 Å². The molecular formula is C20H28N2O4. The molecule has 0 aromatic heterocycles. The van der Waals surface area contributed by atoms with Crippen molar-refractivity contribution in [3.05, 3.63) is 23.8 Å². The first kappa shape index (κ1) is 18.5. The Morgan fingerprint density at radius 2 is 1.92 bits per heavy atom. The largest absolute Gasteiger partial charge is 0.493 e. The van der Waals surface area contributed by atoms with Gasteiger partial charge in [-0.05, 0) is 37.0 Å². The molecule has 3 rings (SSSR count). The van der Waals surface area contributed by atoms with Gasteiger partial charge >= 0.3 is 0 Å². The van der Waals surface area contributed by atoms with Gasteiger partial charge in [-0.15, -0.1) is 0 Å². The van der Waals surface area contributed by atoms with Crippen LogP contribution in [0.15, 0.2) is 18.2 Å². The predicted molar refractivity (Wildman–Crippen MR) is 98.3 cm³/mol. The summed E-state index contributed by atoms with van der Waals surface area (Å²) in [6.45, 7) is 1.12. The van der Waals surface area contributed by atoms with Crippen LogP contribution in [0.2, 0.25) is 0 Å². The van der Waals surface area contributed by atoms with Gasteiger partial charge in [0.1, 0.15) is 0 Å². The van der Waals surface area contributed by atoms with Crippen molar-refractivity contribution in [1.29, 1.82) is 0 Å². The molecule has 1 aromatic carbocycles. The maximum absolute atomic E-state index is 12.4. The summed E-state index contributed by atoms with van der Waals surface area (Å²) in [5.41, 5.74) is 1.07. The van der Waals surface area contributed by atoms with Crippen molar-refractivity contribution in [2.75, 3.05) is 27.3 Å². The fourth-order valence-electron chi connectivity index (χ4n) is 3.99. The van der Waals surface area contributed by atoms with Crippen LogP contribution in [-0.4, -0.2) is 50.1 Å². The van der Waals surface area contributed by atoms with Gasteiger partial charge in [-0.3, -0.25) is 9.59 Å². The van der Waals surface area contributed by atoms with Gasteiger partial charge in [0, 0.05) is 25.6 Å². The Bertz CT molecular complexity index is 655. The molecule has 1 aromatic rings. The van der Waals surface area contributed by atoms with Gasteiger partial charge in [-0.1, -0.05) is 18.9 Å². The van der Waals surface area contributed by atoms with E-state index in [4.69, 9.17) is 9.47 Å². The Labute approximate surface area is 154 Å². The molecule has 2 amide bonds. The second kappa shape index (κ2) is 8.43. The number of carbonyl (C=O) groups is 2. The Morgan fingerprint density at radius 3 is 2.62 bits per heavy atom. The quantitative estimate of drug-likeness (QED) is 0.809. The van der Waals surface area contributed by atoms with E-state index >= 15 is 0 Å². The lowest BCUT2D eigenvalue weighted by Gasteiger charge is -2.23. The monoisotopic (exact) mass is 360 g/mol. The summed E-state index contributed by atoms with van der Waals surface area (Å²) < 4.78 is 10.5. The molecule has 1 saturated heterocycles. The molecule has 2 aliphatic rings. The van der Waals surface area contributed by atoms with Crippen LogP contribution in [0.5, 0.6) is 11.5 Å². The fraction of sp³-hybridized carbons (Fsp3) is 0.600. The zero-order chi connectivity index (χ0) is 18.5. The van der Waals surface area contributed by atoms with Crippen molar-refractivity contribution >= 4 is 11.8 Å². The number of nitrogens with one attached hydrogen (secondary N) is 1. The number of hydrogen-bond donors (Lipinski definition) is 1. The Morgan fingerprint density at radius 1 is 1.19 bits per heavy atom. The highest BCUT2D eigenvalue weighted by molar-refractivity contribution is 5.89. The number of ether oxygens (including phenoxy) is 2. The molecule has 0 bridgehead atoms. The van der Waals surface area contributed by atoms with E-state index in [0.29, 0.717) is 43.5 Å². The average Bonchev–Trinajstić information content (AvgIpc) is 3.30. The number of benzene rings is 1. The molecule has 1 aliphatic carbocycles. The van der Waals surface area contributed by atoms with Crippen LogP contribution in [0.3, 0.4) is 0 Å². The number of amides is 2. The molecule has 1 saturated carbocycles. The van der Waals surface area contributed by atoms with E-state index in [1.54, 1.807) is 14.2 Å². The van der Waals surface area contributed by atoms with Crippen LogP contribution in [0.25, 0.3) is 0 Å². The lowest BCUT2D eigenvalue weighted by Crippen LogP contribution is -2.37. The molecule has 0 spiro atoms. The first-order valence-corrected chi connectivity index (χ1v) is 9.40. The van der Waals surface area contributed by atoms with Crippen LogP contribution < -0.4 is 14.8 Å². The third kappa shape index (κ3) is 4.11. The molecule has 6 nitrogen and oxygen atoms in total. The third-order valence-electron chi connectivity index (χ3n) is 5.46. The van der Waals surface area contributed by atoms with Gasteiger partial charge in [-0.2, -0.15) is 0 Å². The zero-order valence-corrected chi connectivity index (χ0v) is 15.6. The second-order valence-electron chi connectivity index (χ2n) is 7.12. The SMILES string of the molecule is COc1ccc(CCNC(=O)[C@@H]2CC(=O)N(C3CCCC3)C2)cc1OC. The van der Waals surface area contributed by atoms with Crippen molar-refractivity contribution in [2.24, 2.45) is 5.92 Å². The normalized spacial score (nSPS) is 20.5. The third-order valence-corrected chi connectivity index (χ3v) is 5.46. The molecule has 1 N–H and O–H groups in total. The van der Waals surface area contributed by atoms with E-state index in [1.807, 2.05) is 23.1 Å². The molecule has 1 heterocycles. The van der Waals surface area contributed by atoms with E-state index in [9.17, 15) is 9.59 Å². The molecular weight excluding hydrogens is 332 g/mol. The minimum absolute atomic E-state index is 0.0145. The first-order chi connectivity index (χ1) is 12.6. The summed E-state index contributed by atoms with van der Waals surface area (Å²) in [5, 5.41) is 2.98. The van der Waals surface area contributed by atoms with E-state index in [1.165, 1.54) is 12.8 Å². The first-order valence-electron chi connectivity index (χ1n) is 9.40. The molecule has 142 valence electrons. The fourth-order valence-corrected chi connectivity index (χ4v) is 3.99. The molecule has 0 unspecified atom stereocenters. The summed E-state index contributed by atoms with van der Waals surface area (Å²) in [6, 6.07) is 6.11. The number of rotatable bonds is 7. The molecule has 26 heavy (non-hydrogen) atoms. The van der Waals surface area contributed by atoms with Gasteiger partial charge in [0.05, 0.1) is 20.1 Å². The van der Waals surface area contributed by atoms with Crippen molar-refractivity contribution in [3.63, 3.8) is 0 Å². The lowest BCUT2D eigenvalue weighted by molar-refractivity contribution is -0.130. The van der Waals surface area contributed by atoms with Crippen molar-refractivity contribution < 1.29 is 19.1 Å². The van der Waals surface area contributed by atoms with E-state index in [2.05, 4.69) is 5.32 Å². The maximum atomic E-state index is 12.4. The van der Waals surface area contributed by atoms with Crippen LogP contribution in [0, 0.1) is 5.92 Å². The molecule has 1 aliphatic heterocycles. The summed E-state index contributed by atoms with van der Waals surface area (Å²) in [4.78, 5) is 26.6. The summed E-state index contributed by atoms with van der Waals surface area (Å²) >= 11 is 0. The molecule has 0 radical (unpaired) electrons. The molecule has 2 fully saturated rings. The Balaban J connectivity index is 1.48. The maximum Gasteiger partial charge on any atom is 0.225 e. The van der Waals surface area contributed by atoms with E-state index in [0.717, 1.165) is 18.4 Å². The number of methoxy groups -OCH3 is 2. The number of carbonyl (C=O) groups excluding carboxylic acids is 2. The van der Waals surface area contributed by atoms with E-state index in [-0.39, 0.29) is 17.7 Å². The standard InChI is InChI=1S/C20H28N2O4/c1-25-17-8-7-14(11-18(17)26-2)9-10-21-20(24)15-12-19(23)22(13-15)16-5-3-4-6-16/h7-8,11,15-16H,3-6,9-10,12-13H2,1-2H3,(H,21,24)/t15-/m1/s1. The number of likely N-dealkylation sites (tertiary alicyclic amines) is 1. The smallest absolute Gasteiger partial charge is 0.225 e. The summed E-state index contributed by atoms with van der Waals surface area (Å²) in [7, 11) is 3.21. The predicted octanol–water partition coefficient (Wildman–Crippen LogP) is 2.15. The highest BCUT2D eigenvalue weighted by Crippen LogP contribution is 2.30. The number of nitrogens with zero attached hydrogens (tertiary/aromatic N) is 1. The minimum Gasteiger partial charge on any atom is -0.493 e. The van der Waals surface area contributed by atoms with E-state index < -0.39 is 0 Å². The zero-order valence-electron chi connectivity index (χ0n) is 15.6. The van der Waals surface area contributed by atoms with Crippen LogP contribution in [-0.2, 0) is 16.0 Å². The van der Waals surface area contributed by atoms with Gasteiger partial charge in [0.2, 0.25) is 11.8 Å². The van der Waals surface area contributed by atoms with Crippen LogP contribution in [0.4, 0.5) is 0 Å². The van der Waals surface area contributed by atoms with Gasteiger partial charge < -0.3 is 19.7 Å². The van der Waals surface area contributed by atoms with Gasteiger partial charge in [-0.25, -0.2) is 0 Å². The summed E-state index contributed by atoms with van der Waals surface area (Å²) in [6.07, 6.45) is 5.60. The topological polar surface area (TPSA) is 67.9 Å². The Hall–Kier alpha value is -2.24. The Kier molecular flexibility index (Phi) is 6.01. The van der Waals surface area contributed by atoms with Gasteiger partial charge in [0.25, 0.3) is 0 Å². The molecule has 1 atom stereocenters. The van der Waals surface area contributed by atoms with Crippen molar-refractivity contribution in [1.82, 2.24) is 10.2 Å². The average molecular weight is 360 g/mol. The number of hydrogen-bond acceptors (Lipinski definition) is 4. The minimum atomic E-state index is -0.214. The molecule has 6 heteroatoms. The van der Waals surface area contributed by atoms with Crippen molar-refractivity contribution in [3.8, 4) is 11.5 Å². The van der Waals surface area contributed by atoms with Crippen LogP contribution in [0.1, 0.15) is 37.7 Å². The van der Waals surface area contributed by atoms with Crippen LogP contribution >= 0.6 is 0 Å². The second-order valence-corrected chi connectivity index (χ2v) is 7.12. The highest BCUT2D eigenvalue weighted by atomic mass is 16.5. The summed E-state index contributed by atoms with van der Waals surface area (Å²) in [5.74, 6) is 1.28. The lowest BCUT2D eigenvalue weighted by atomic mass is 10.1. The highest BCUT2D eigenvalue weighted by Gasteiger charge is 2.38. The van der Waals surface area contributed by atoms with Gasteiger partial charge in [0.15, 0.2) is 11.5 Å².